The molecule has 8 nitrogen and oxygen atoms in total. The van der Waals surface area contributed by atoms with Gasteiger partial charge in [-0.25, -0.2) is 4.79 Å². The molecule has 130 valence electrons. The highest BCUT2D eigenvalue weighted by Crippen LogP contribution is 2.29. The van der Waals surface area contributed by atoms with Gasteiger partial charge in [-0.2, -0.15) is 0 Å². The number of imide groups is 1. The van der Waals surface area contributed by atoms with Crippen LogP contribution in [0.1, 0.15) is 25.5 Å². The summed E-state index contributed by atoms with van der Waals surface area (Å²) in [6, 6.07) is 3.13. The maximum atomic E-state index is 12.1. The minimum Gasteiger partial charge on any atom is -0.467 e. The summed E-state index contributed by atoms with van der Waals surface area (Å²) in [6.07, 6.45) is 3.29. The standard InChI is InChI=1S/C16H22N4O4/c1-16(14(22)18-15(23)19-16)11-4-2-6-20(9-11)10-13(21)17-8-12-5-3-7-24-12/h3,5,7,11H,2,4,6,8-10H2,1H3,(H,17,21)(H2,18,19,22,23)/t11-,16+/m1/s1. The van der Waals surface area contributed by atoms with Crippen LogP contribution in [0, 0.1) is 5.92 Å². The quantitative estimate of drug-likeness (QED) is 0.668. The van der Waals surface area contributed by atoms with E-state index >= 15 is 0 Å². The highest BCUT2D eigenvalue weighted by molar-refractivity contribution is 6.07. The largest absolute Gasteiger partial charge is 0.467 e. The molecule has 0 unspecified atom stereocenters. The Morgan fingerprint density at radius 3 is 3.00 bits per heavy atom. The van der Waals surface area contributed by atoms with Crippen LogP contribution in [0.2, 0.25) is 0 Å². The smallest absolute Gasteiger partial charge is 0.322 e. The average molecular weight is 334 g/mol. The van der Waals surface area contributed by atoms with E-state index in [4.69, 9.17) is 4.42 Å². The first-order valence-corrected chi connectivity index (χ1v) is 8.12. The number of likely N-dealkylation sites (tertiary alicyclic amines) is 1. The summed E-state index contributed by atoms with van der Waals surface area (Å²) in [5, 5.41) is 7.85. The second kappa shape index (κ2) is 6.64. The van der Waals surface area contributed by atoms with Crippen LogP contribution in [-0.4, -0.2) is 47.9 Å². The zero-order valence-electron chi connectivity index (χ0n) is 13.6. The van der Waals surface area contributed by atoms with Crippen LogP contribution in [-0.2, 0) is 16.1 Å². The lowest BCUT2D eigenvalue weighted by Crippen LogP contribution is -2.56. The third-order valence-corrected chi connectivity index (χ3v) is 4.80. The van der Waals surface area contributed by atoms with Gasteiger partial charge in [0.25, 0.3) is 5.91 Å². The molecule has 0 saturated carbocycles. The van der Waals surface area contributed by atoms with Gasteiger partial charge in [-0.3, -0.25) is 19.8 Å². The molecule has 3 rings (SSSR count). The topological polar surface area (TPSA) is 104 Å². The Hall–Kier alpha value is -2.35. The highest BCUT2D eigenvalue weighted by atomic mass is 16.3. The van der Waals surface area contributed by atoms with Gasteiger partial charge in [0.05, 0.1) is 19.4 Å². The fraction of sp³-hybridized carbons (Fsp3) is 0.562. The average Bonchev–Trinajstić information content (AvgIpc) is 3.14. The van der Waals surface area contributed by atoms with Gasteiger partial charge < -0.3 is 15.1 Å². The van der Waals surface area contributed by atoms with Crippen molar-refractivity contribution in [3.8, 4) is 0 Å². The Balaban J connectivity index is 1.53. The number of hydrogen-bond acceptors (Lipinski definition) is 5. The van der Waals surface area contributed by atoms with E-state index in [0.29, 0.717) is 18.8 Å². The molecule has 2 aliphatic rings. The fourth-order valence-corrected chi connectivity index (χ4v) is 3.37. The van der Waals surface area contributed by atoms with Crippen molar-refractivity contribution in [1.82, 2.24) is 20.9 Å². The van der Waals surface area contributed by atoms with E-state index in [2.05, 4.69) is 16.0 Å². The van der Waals surface area contributed by atoms with Crippen molar-refractivity contribution < 1.29 is 18.8 Å². The normalized spacial score (nSPS) is 27.6. The van der Waals surface area contributed by atoms with Crippen molar-refractivity contribution in [3.63, 3.8) is 0 Å². The molecule has 24 heavy (non-hydrogen) atoms. The van der Waals surface area contributed by atoms with E-state index in [0.717, 1.165) is 19.4 Å². The summed E-state index contributed by atoms with van der Waals surface area (Å²) in [5.41, 5.74) is -0.902. The number of carbonyl (C=O) groups is 3. The zero-order valence-corrected chi connectivity index (χ0v) is 13.6. The van der Waals surface area contributed by atoms with E-state index in [-0.39, 0.29) is 24.3 Å². The Morgan fingerprint density at radius 1 is 1.50 bits per heavy atom. The molecule has 4 amide bonds. The molecule has 0 aromatic carbocycles. The van der Waals surface area contributed by atoms with Gasteiger partial charge >= 0.3 is 6.03 Å². The number of furan rings is 1. The molecule has 2 atom stereocenters. The molecule has 2 fully saturated rings. The van der Waals surface area contributed by atoms with E-state index < -0.39 is 11.6 Å². The summed E-state index contributed by atoms with van der Waals surface area (Å²) in [6.45, 7) is 3.77. The van der Waals surface area contributed by atoms with Crippen LogP contribution >= 0.6 is 0 Å². The molecule has 3 heterocycles. The van der Waals surface area contributed by atoms with E-state index in [9.17, 15) is 14.4 Å². The van der Waals surface area contributed by atoms with Gasteiger partial charge in [0, 0.05) is 12.5 Å². The minimum absolute atomic E-state index is 0.0180. The Labute approximate surface area is 139 Å². The molecular weight excluding hydrogens is 312 g/mol. The van der Waals surface area contributed by atoms with E-state index in [1.165, 1.54) is 0 Å². The number of amides is 4. The number of carbonyl (C=O) groups excluding carboxylic acids is 3. The van der Waals surface area contributed by atoms with Gasteiger partial charge in [-0.15, -0.1) is 0 Å². The molecule has 0 bridgehead atoms. The van der Waals surface area contributed by atoms with Gasteiger partial charge in [0.15, 0.2) is 0 Å². The number of rotatable bonds is 5. The predicted molar refractivity (Wildman–Crippen MR) is 84.8 cm³/mol. The third-order valence-electron chi connectivity index (χ3n) is 4.80. The lowest BCUT2D eigenvalue weighted by Gasteiger charge is -2.39. The molecule has 8 heteroatoms. The zero-order chi connectivity index (χ0) is 17.2. The van der Waals surface area contributed by atoms with Crippen LogP contribution in [0.4, 0.5) is 4.79 Å². The summed E-state index contributed by atoms with van der Waals surface area (Å²) >= 11 is 0. The van der Waals surface area contributed by atoms with Gasteiger partial charge in [-0.05, 0) is 38.4 Å². The van der Waals surface area contributed by atoms with Crippen LogP contribution in [0.15, 0.2) is 22.8 Å². The minimum atomic E-state index is -0.902. The van der Waals surface area contributed by atoms with Gasteiger partial charge in [0.2, 0.25) is 5.91 Å². The van der Waals surface area contributed by atoms with Crippen molar-refractivity contribution in [2.75, 3.05) is 19.6 Å². The van der Waals surface area contributed by atoms with Crippen molar-refractivity contribution in [1.29, 1.82) is 0 Å². The van der Waals surface area contributed by atoms with Crippen molar-refractivity contribution in [2.45, 2.75) is 31.8 Å². The third kappa shape index (κ3) is 3.43. The molecule has 0 aliphatic carbocycles. The van der Waals surface area contributed by atoms with Crippen LogP contribution in [0.5, 0.6) is 0 Å². The number of piperidine rings is 1. The van der Waals surface area contributed by atoms with E-state index in [1.807, 2.05) is 4.90 Å². The van der Waals surface area contributed by atoms with Gasteiger partial charge in [0.1, 0.15) is 11.3 Å². The molecule has 3 N–H and O–H groups in total. The van der Waals surface area contributed by atoms with Crippen molar-refractivity contribution in [3.05, 3.63) is 24.2 Å². The van der Waals surface area contributed by atoms with Crippen LogP contribution < -0.4 is 16.0 Å². The summed E-state index contributed by atoms with van der Waals surface area (Å²) < 4.78 is 5.18. The maximum Gasteiger partial charge on any atom is 0.322 e. The Morgan fingerprint density at radius 2 is 2.33 bits per heavy atom. The molecule has 1 aromatic rings. The lowest BCUT2D eigenvalue weighted by atomic mass is 9.80. The molecule has 2 saturated heterocycles. The SMILES string of the molecule is C[C@@]1([C@@H]2CCCN(CC(=O)NCc3ccco3)C2)NC(=O)NC1=O. The van der Waals surface area contributed by atoms with Crippen molar-refractivity contribution in [2.24, 2.45) is 5.92 Å². The number of urea groups is 1. The summed E-state index contributed by atoms with van der Waals surface area (Å²) in [7, 11) is 0. The number of nitrogens with zero attached hydrogens (tertiary/aromatic N) is 1. The monoisotopic (exact) mass is 334 g/mol. The van der Waals surface area contributed by atoms with Crippen molar-refractivity contribution >= 4 is 17.8 Å². The molecule has 0 spiro atoms. The Kier molecular flexibility index (Phi) is 4.57. The molecular formula is C16H22N4O4. The lowest BCUT2D eigenvalue weighted by molar-refractivity contribution is -0.126. The number of hydrogen-bond donors (Lipinski definition) is 3. The van der Waals surface area contributed by atoms with E-state index in [1.54, 1.807) is 25.3 Å². The number of nitrogens with one attached hydrogen (secondary N) is 3. The Bertz CT molecular complexity index is 630. The molecule has 1 aromatic heterocycles. The molecule has 0 radical (unpaired) electrons. The first kappa shape index (κ1) is 16.5. The first-order chi connectivity index (χ1) is 11.5. The maximum absolute atomic E-state index is 12.1. The second-order valence-electron chi connectivity index (χ2n) is 6.54. The summed E-state index contributed by atoms with van der Waals surface area (Å²) in [4.78, 5) is 37.6. The second-order valence-corrected chi connectivity index (χ2v) is 6.54. The van der Waals surface area contributed by atoms with Crippen LogP contribution in [0.3, 0.4) is 0 Å². The fourth-order valence-electron chi connectivity index (χ4n) is 3.37. The van der Waals surface area contributed by atoms with Gasteiger partial charge in [-0.1, -0.05) is 0 Å². The summed E-state index contributed by atoms with van der Waals surface area (Å²) in [5.74, 6) is 0.312. The predicted octanol–water partition coefficient (Wildman–Crippen LogP) is 0.206. The van der Waals surface area contributed by atoms with Crippen LogP contribution in [0.25, 0.3) is 0 Å². The molecule has 2 aliphatic heterocycles. The highest BCUT2D eigenvalue weighted by Gasteiger charge is 2.48. The first-order valence-electron chi connectivity index (χ1n) is 8.12.